The second-order valence-corrected chi connectivity index (χ2v) is 5.36. The summed E-state index contributed by atoms with van der Waals surface area (Å²) < 4.78 is 0. The molecule has 20 heavy (non-hydrogen) atoms. The Hall–Kier alpha value is -2.15. The Balaban J connectivity index is 2.33. The van der Waals surface area contributed by atoms with E-state index in [2.05, 4.69) is 0 Å². The van der Waals surface area contributed by atoms with Crippen molar-refractivity contribution in [3.05, 3.63) is 33.9 Å². The number of hydrogen-bond acceptors (Lipinski definition) is 5. The molecule has 1 heterocycles. The summed E-state index contributed by atoms with van der Waals surface area (Å²) in [4.78, 5) is 24.2. The first-order valence-electron chi connectivity index (χ1n) is 6.36. The topological polar surface area (TPSA) is 110 Å². The third kappa shape index (κ3) is 2.88. The van der Waals surface area contributed by atoms with E-state index >= 15 is 0 Å². The van der Waals surface area contributed by atoms with Gasteiger partial charge in [0.25, 0.3) is 11.6 Å². The van der Waals surface area contributed by atoms with Crippen molar-refractivity contribution in [2.45, 2.75) is 25.4 Å². The lowest BCUT2D eigenvalue weighted by molar-refractivity contribution is -0.385. The van der Waals surface area contributed by atoms with E-state index in [0.717, 1.165) is 0 Å². The molecular formula is C13H17N3O4. The number of rotatable bonds is 2. The second kappa shape index (κ2) is 5.09. The van der Waals surface area contributed by atoms with Crippen molar-refractivity contribution in [2.75, 3.05) is 18.8 Å². The lowest BCUT2D eigenvalue weighted by Gasteiger charge is -2.36. The Bertz CT molecular complexity index is 557. The number of nitro benzene ring substituents is 1. The number of β-amino-alcohol motifs (C(OH)–C–C–N with tert-alkyl or cyclic N) is 1. The van der Waals surface area contributed by atoms with Crippen molar-refractivity contribution < 1.29 is 14.8 Å². The Morgan fingerprint density at radius 2 is 2.25 bits per heavy atom. The molecule has 1 aliphatic rings. The zero-order valence-electron chi connectivity index (χ0n) is 11.2. The number of nitrogens with zero attached hydrogens (tertiary/aromatic N) is 2. The molecule has 7 nitrogen and oxygen atoms in total. The predicted molar refractivity (Wildman–Crippen MR) is 73.3 cm³/mol. The summed E-state index contributed by atoms with van der Waals surface area (Å²) in [5, 5.41) is 21.0. The Morgan fingerprint density at radius 1 is 1.55 bits per heavy atom. The molecule has 1 atom stereocenters. The Labute approximate surface area is 116 Å². The van der Waals surface area contributed by atoms with Crippen LogP contribution in [0.4, 0.5) is 11.4 Å². The van der Waals surface area contributed by atoms with Crippen LogP contribution in [0.15, 0.2) is 18.2 Å². The molecule has 0 radical (unpaired) electrons. The van der Waals surface area contributed by atoms with Crippen LogP contribution in [-0.2, 0) is 0 Å². The summed E-state index contributed by atoms with van der Waals surface area (Å²) in [6, 6.07) is 3.93. The van der Waals surface area contributed by atoms with Gasteiger partial charge >= 0.3 is 0 Å². The summed E-state index contributed by atoms with van der Waals surface area (Å²) in [5.74, 6) is -0.469. The number of aliphatic hydroxyl groups is 1. The van der Waals surface area contributed by atoms with Gasteiger partial charge in [0.05, 0.1) is 10.5 Å². The molecule has 7 heteroatoms. The molecule has 0 bridgehead atoms. The van der Waals surface area contributed by atoms with Crippen LogP contribution in [0, 0.1) is 10.1 Å². The first-order chi connectivity index (χ1) is 9.30. The number of hydrogen-bond donors (Lipinski definition) is 2. The maximum atomic E-state index is 12.4. The smallest absolute Gasteiger partial charge is 0.282 e. The van der Waals surface area contributed by atoms with Crippen molar-refractivity contribution in [3.63, 3.8) is 0 Å². The van der Waals surface area contributed by atoms with Gasteiger partial charge in [-0.05, 0) is 31.9 Å². The lowest BCUT2D eigenvalue weighted by Crippen LogP contribution is -2.48. The molecule has 3 N–H and O–H groups in total. The molecule has 0 spiro atoms. The largest absolute Gasteiger partial charge is 0.399 e. The normalized spacial score (nSPS) is 22.6. The average molecular weight is 279 g/mol. The fraction of sp³-hybridized carbons (Fsp3) is 0.462. The fourth-order valence-corrected chi connectivity index (χ4v) is 2.45. The van der Waals surface area contributed by atoms with Crippen molar-refractivity contribution in [2.24, 2.45) is 0 Å². The number of benzene rings is 1. The molecule has 1 aromatic carbocycles. The highest BCUT2D eigenvalue weighted by Gasteiger charge is 2.33. The van der Waals surface area contributed by atoms with E-state index in [1.165, 1.54) is 23.1 Å². The standard InChI is InChI=1S/C13H17N3O4/c1-13(18)5-2-6-15(8-13)12(17)10-7-9(14)3-4-11(10)16(19)20/h3-4,7,18H,2,5-6,8,14H2,1H3. The SMILES string of the molecule is CC1(O)CCCN(C(=O)c2cc(N)ccc2[N+](=O)[O-])C1. The quantitative estimate of drug-likeness (QED) is 0.479. The van der Waals surface area contributed by atoms with Gasteiger partial charge in [-0.2, -0.15) is 0 Å². The van der Waals surface area contributed by atoms with Crippen molar-refractivity contribution in [1.82, 2.24) is 4.90 Å². The number of nitro groups is 1. The van der Waals surface area contributed by atoms with Gasteiger partial charge < -0.3 is 15.7 Å². The van der Waals surface area contributed by atoms with Gasteiger partial charge in [0.2, 0.25) is 0 Å². The van der Waals surface area contributed by atoms with Gasteiger partial charge in [-0.15, -0.1) is 0 Å². The highest BCUT2D eigenvalue weighted by atomic mass is 16.6. The highest BCUT2D eigenvalue weighted by Crippen LogP contribution is 2.26. The van der Waals surface area contributed by atoms with E-state index in [-0.39, 0.29) is 17.8 Å². The molecule has 0 saturated carbocycles. The zero-order chi connectivity index (χ0) is 14.9. The van der Waals surface area contributed by atoms with Crippen molar-refractivity contribution in [1.29, 1.82) is 0 Å². The minimum absolute atomic E-state index is 0.0345. The maximum absolute atomic E-state index is 12.4. The van der Waals surface area contributed by atoms with Crippen LogP contribution >= 0.6 is 0 Å². The molecule has 1 fully saturated rings. The van der Waals surface area contributed by atoms with Gasteiger partial charge in [0.15, 0.2) is 0 Å². The van der Waals surface area contributed by atoms with Gasteiger partial charge in [-0.3, -0.25) is 14.9 Å². The fourth-order valence-electron chi connectivity index (χ4n) is 2.45. The Kier molecular flexibility index (Phi) is 3.63. The average Bonchev–Trinajstić information content (AvgIpc) is 2.36. The number of piperidine rings is 1. The van der Waals surface area contributed by atoms with E-state index < -0.39 is 16.4 Å². The van der Waals surface area contributed by atoms with Crippen LogP contribution in [0.1, 0.15) is 30.1 Å². The molecule has 108 valence electrons. The minimum Gasteiger partial charge on any atom is -0.399 e. The summed E-state index contributed by atoms with van der Waals surface area (Å²) >= 11 is 0. The highest BCUT2D eigenvalue weighted by molar-refractivity contribution is 5.99. The number of carbonyl (C=O) groups excluding carboxylic acids is 1. The first kappa shape index (κ1) is 14.3. The van der Waals surface area contributed by atoms with Crippen LogP contribution in [0.2, 0.25) is 0 Å². The predicted octanol–water partition coefficient (Wildman–Crippen LogP) is 1.16. The minimum atomic E-state index is -0.955. The molecule has 0 aromatic heterocycles. The van der Waals surface area contributed by atoms with E-state index in [9.17, 15) is 20.0 Å². The third-order valence-electron chi connectivity index (χ3n) is 3.41. The number of amides is 1. The third-order valence-corrected chi connectivity index (χ3v) is 3.41. The van der Waals surface area contributed by atoms with Crippen LogP contribution in [0.25, 0.3) is 0 Å². The van der Waals surface area contributed by atoms with Gasteiger partial charge in [0.1, 0.15) is 5.56 Å². The molecule has 1 amide bonds. The van der Waals surface area contributed by atoms with E-state index in [1.807, 2.05) is 0 Å². The summed E-state index contributed by atoms with van der Waals surface area (Å²) in [7, 11) is 0. The molecule has 2 rings (SSSR count). The van der Waals surface area contributed by atoms with E-state index in [0.29, 0.717) is 25.1 Å². The monoisotopic (exact) mass is 279 g/mol. The molecule has 1 unspecified atom stereocenters. The molecule has 1 aliphatic heterocycles. The zero-order valence-corrected chi connectivity index (χ0v) is 11.2. The van der Waals surface area contributed by atoms with Gasteiger partial charge in [-0.1, -0.05) is 0 Å². The van der Waals surface area contributed by atoms with Crippen molar-refractivity contribution >= 4 is 17.3 Å². The summed E-state index contributed by atoms with van der Waals surface area (Å²) in [6.07, 6.45) is 1.27. The number of nitrogen functional groups attached to an aromatic ring is 1. The Morgan fingerprint density at radius 3 is 2.85 bits per heavy atom. The van der Waals surface area contributed by atoms with Crippen LogP contribution in [-0.4, -0.2) is 39.5 Å². The molecule has 1 saturated heterocycles. The van der Waals surface area contributed by atoms with E-state index in [1.54, 1.807) is 6.92 Å². The molecule has 1 aromatic rings. The van der Waals surface area contributed by atoms with Crippen LogP contribution in [0.5, 0.6) is 0 Å². The van der Waals surface area contributed by atoms with Crippen LogP contribution < -0.4 is 5.73 Å². The van der Waals surface area contributed by atoms with E-state index in [4.69, 9.17) is 5.73 Å². The van der Waals surface area contributed by atoms with Crippen molar-refractivity contribution in [3.8, 4) is 0 Å². The lowest BCUT2D eigenvalue weighted by atomic mass is 9.94. The first-order valence-corrected chi connectivity index (χ1v) is 6.36. The summed E-state index contributed by atoms with van der Waals surface area (Å²) in [6.45, 7) is 2.29. The number of carbonyl (C=O) groups is 1. The molecular weight excluding hydrogens is 262 g/mol. The van der Waals surface area contributed by atoms with Gasteiger partial charge in [0, 0.05) is 24.8 Å². The number of anilines is 1. The van der Waals surface area contributed by atoms with Gasteiger partial charge in [-0.25, -0.2) is 0 Å². The summed E-state index contributed by atoms with van der Waals surface area (Å²) in [5.41, 5.74) is 4.64. The molecule has 0 aliphatic carbocycles. The number of nitrogens with two attached hydrogens (primary N) is 1. The maximum Gasteiger partial charge on any atom is 0.282 e. The second-order valence-electron chi connectivity index (χ2n) is 5.36. The van der Waals surface area contributed by atoms with Crippen LogP contribution in [0.3, 0.4) is 0 Å². The number of likely N-dealkylation sites (tertiary alicyclic amines) is 1.